The molecule has 0 spiro atoms. The molecule has 3 aromatic heterocycles. The van der Waals surface area contributed by atoms with Crippen LogP contribution < -0.4 is 5.56 Å². The molecule has 0 saturated heterocycles. The number of fused-ring (bicyclic) bond motifs is 2. The first-order chi connectivity index (χ1) is 14.0. The number of hydrogen-bond donors (Lipinski definition) is 2. The van der Waals surface area contributed by atoms with E-state index in [0.29, 0.717) is 11.0 Å². The lowest BCUT2D eigenvalue weighted by molar-refractivity contribution is 0.0697. The van der Waals surface area contributed by atoms with Crippen LogP contribution in [-0.2, 0) is 12.8 Å². The minimum absolute atomic E-state index is 0. The normalized spacial score (nSPS) is 13.8. The van der Waals surface area contributed by atoms with Crippen LogP contribution >= 0.6 is 13.5 Å². The maximum atomic E-state index is 12.8. The van der Waals surface area contributed by atoms with Crippen LogP contribution in [0.4, 0.5) is 0 Å². The standard InChI is InChI=1S/C20H18N6O3.H2S/c1-11(13-6-5-12-3-2-4-14(12)7-13)26-17-16(9-22-26)23-20(24-18(17)27)25-10-15(8-21-25)19(28)29;/h5-11H,2-4H2,1H3,(H,28,29)(H,23,24,27);1H2/t11-;/m0./s1. The average Bonchev–Trinajstić information content (AvgIpc) is 3.44. The lowest BCUT2D eigenvalue weighted by Gasteiger charge is -2.15. The number of carboxylic acids is 1. The first-order valence-electron chi connectivity index (χ1n) is 9.39. The van der Waals surface area contributed by atoms with Crippen molar-refractivity contribution < 1.29 is 9.90 Å². The SMILES string of the molecule is C[C@@H](c1ccc2c(c1)CCC2)n1ncc2nc(-n3cc(C(=O)O)cn3)[nH]c(=O)c21.S. The van der Waals surface area contributed by atoms with E-state index in [2.05, 4.69) is 38.4 Å². The van der Waals surface area contributed by atoms with Gasteiger partial charge in [0.1, 0.15) is 5.52 Å². The van der Waals surface area contributed by atoms with Crippen LogP contribution in [0.15, 0.2) is 41.6 Å². The van der Waals surface area contributed by atoms with Gasteiger partial charge >= 0.3 is 5.97 Å². The predicted molar refractivity (Wildman–Crippen MR) is 115 cm³/mol. The number of carboxylic acid groups (broad SMARTS) is 1. The summed E-state index contributed by atoms with van der Waals surface area (Å²) in [6.07, 6.45) is 7.43. The molecule has 9 nitrogen and oxygen atoms in total. The van der Waals surface area contributed by atoms with Crippen molar-refractivity contribution in [2.24, 2.45) is 0 Å². The Kier molecular flexibility index (Phi) is 4.94. The summed E-state index contributed by atoms with van der Waals surface area (Å²) in [5.74, 6) is -0.963. The molecule has 0 saturated carbocycles. The number of rotatable bonds is 4. The van der Waals surface area contributed by atoms with E-state index in [1.54, 1.807) is 10.9 Å². The predicted octanol–water partition coefficient (Wildman–Crippen LogP) is 2.21. The molecule has 2 N–H and O–H groups in total. The largest absolute Gasteiger partial charge is 0.478 e. The molecular formula is C20H20N6O3S. The second kappa shape index (κ2) is 7.45. The van der Waals surface area contributed by atoms with Crippen LogP contribution in [0, 0.1) is 0 Å². The fraction of sp³-hybridized carbons (Fsp3) is 0.250. The maximum Gasteiger partial charge on any atom is 0.338 e. The highest BCUT2D eigenvalue weighted by Gasteiger charge is 2.19. The molecule has 0 unspecified atom stereocenters. The molecule has 1 aliphatic carbocycles. The number of benzene rings is 1. The Bertz CT molecular complexity index is 1320. The minimum atomic E-state index is -1.10. The number of aromatic carboxylic acids is 1. The maximum absolute atomic E-state index is 12.8. The monoisotopic (exact) mass is 424 g/mol. The van der Waals surface area contributed by atoms with E-state index >= 15 is 0 Å². The summed E-state index contributed by atoms with van der Waals surface area (Å²) in [6, 6.07) is 6.33. The van der Waals surface area contributed by atoms with Crippen molar-refractivity contribution in [2.75, 3.05) is 0 Å². The van der Waals surface area contributed by atoms with Crippen LogP contribution in [0.1, 0.15) is 46.4 Å². The third kappa shape index (κ3) is 3.18. The summed E-state index contributed by atoms with van der Waals surface area (Å²) in [5.41, 5.74) is 4.30. The van der Waals surface area contributed by atoms with Gasteiger partial charge in [-0.25, -0.2) is 14.5 Å². The smallest absolute Gasteiger partial charge is 0.338 e. The van der Waals surface area contributed by atoms with E-state index in [1.807, 2.05) is 6.92 Å². The molecule has 1 aliphatic rings. The molecule has 1 atom stereocenters. The van der Waals surface area contributed by atoms with Crippen LogP contribution in [0.25, 0.3) is 17.0 Å². The Labute approximate surface area is 177 Å². The van der Waals surface area contributed by atoms with Crippen molar-refractivity contribution in [1.82, 2.24) is 29.5 Å². The third-order valence-corrected chi connectivity index (χ3v) is 5.46. The van der Waals surface area contributed by atoms with Crippen molar-refractivity contribution in [3.05, 3.63) is 69.4 Å². The number of nitrogens with one attached hydrogen (secondary N) is 1. The van der Waals surface area contributed by atoms with E-state index in [1.165, 1.54) is 34.6 Å². The highest BCUT2D eigenvalue weighted by atomic mass is 32.1. The van der Waals surface area contributed by atoms with Crippen molar-refractivity contribution in [1.29, 1.82) is 0 Å². The van der Waals surface area contributed by atoms with E-state index < -0.39 is 5.97 Å². The summed E-state index contributed by atoms with van der Waals surface area (Å²) >= 11 is 0. The van der Waals surface area contributed by atoms with Gasteiger partial charge in [-0.2, -0.15) is 23.7 Å². The Morgan fingerprint density at radius 2 is 2.00 bits per heavy atom. The van der Waals surface area contributed by atoms with Gasteiger partial charge in [0, 0.05) is 6.20 Å². The number of nitrogens with zero attached hydrogens (tertiary/aromatic N) is 5. The fourth-order valence-electron chi connectivity index (χ4n) is 3.90. The first-order valence-corrected chi connectivity index (χ1v) is 9.39. The molecule has 0 amide bonds. The first kappa shape index (κ1) is 19.9. The molecule has 0 fully saturated rings. The summed E-state index contributed by atoms with van der Waals surface area (Å²) in [4.78, 5) is 30.9. The van der Waals surface area contributed by atoms with Crippen molar-refractivity contribution in [3.63, 3.8) is 0 Å². The molecule has 30 heavy (non-hydrogen) atoms. The van der Waals surface area contributed by atoms with Gasteiger partial charge in [-0.1, -0.05) is 18.2 Å². The zero-order valence-electron chi connectivity index (χ0n) is 16.2. The number of carbonyl (C=O) groups is 1. The summed E-state index contributed by atoms with van der Waals surface area (Å²) in [7, 11) is 0. The van der Waals surface area contributed by atoms with Gasteiger partial charge in [0.2, 0.25) is 5.95 Å². The van der Waals surface area contributed by atoms with Crippen molar-refractivity contribution in [3.8, 4) is 5.95 Å². The Balaban J connectivity index is 0.00000218. The Morgan fingerprint density at radius 3 is 2.77 bits per heavy atom. The zero-order valence-corrected chi connectivity index (χ0v) is 17.2. The third-order valence-electron chi connectivity index (χ3n) is 5.46. The fourth-order valence-corrected chi connectivity index (χ4v) is 3.90. The number of hydrogen-bond acceptors (Lipinski definition) is 5. The quantitative estimate of drug-likeness (QED) is 0.518. The molecule has 0 radical (unpaired) electrons. The highest BCUT2D eigenvalue weighted by molar-refractivity contribution is 7.59. The second-order valence-electron chi connectivity index (χ2n) is 7.25. The van der Waals surface area contributed by atoms with E-state index in [-0.39, 0.29) is 36.6 Å². The molecule has 1 aromatic carbocycles. The lowest BCUT2D eigenvalue weighted by atomic mass is 10.0. The Morgan fingerprint density at radius 1 is 1.20 bits per heavy atom. The molecule has 3 heterocycles. The molecule has 0 aliphatic heterocycles. The molecule has 154 valence electrons. The van der Waals surface area contributed by atoms with Crippen LogP contribution in [0.5, 0.6) is 0 Å². The number of aromatic nitrogens is 6. The van der Waals surface area contributed by atoms with E-state index in [0.717, 1.165) is 18.4 Å². The topological polar surface area (TPSA) is 119 Å². The van der Waals surface area contributed by atoms with Gasteiger partial charge in [-0.15, -0.1) is 0 Å². The lowest BCUT2D eigenvalue weighted by Crippen LogP contribution is -2.19. The summed E-state index contributed by atoms with van der Waals surface area (Å²) in [6.45, 7) is 2.00. The molecule has 0 bridgehead atoms. The molecule has 10 heteroatoms. The zero-order chi connectivity index (χ0) is 20.1. The minimum Gasteiger partial charge on any atom is -0.478 e. The van der Waals surface area contributed by atoms with Gasteiger partial charge in [0.05, 0.1) is 24.0 Å². The number of aryl methyl sites for hydroxylation is 2. The van der Waals surface area contributed by atoms with Gasteiger partial charge in [0.15, 0.2) is 5.52 Å². The van der Waals surface area contributed by atoms with Gasteiger partial charge in [0.25, 0.3) is 5.56 Å². The van der Waals surface area contributed by atoms with Gasteiger partial charge in [-0.05, 0) is 42.9 Å². The van der Waals surface area contributed by atoms with Crippen LogP contribution in [-0.4, -0.2) is 40.6 Å². The second-order valence-corrected chi connectivity index (χ2v) is 7.25. The molecular weight excluding hydrogens is 404 g/mol. The van der Waals surface area contributed by atoms with Crippen molar-refractivity contribution >= 4 is 30.5 Å². The van der Waals surface area contributed by atoms with Crippen LogP contribution in [0.2, 0.25) is 0 Å². The highest BCUT2D eigenvalue weighted by Crippen LogP contribution is 2.27. The summed E-state index contributed by atoms with van der Waals surface area (Å²) < 4.78 is 2.90. The molecule has 5 rings (SSSR count). The summed E-state index contributed by atoms with van der Waals surface area (Å²) in [5, 5.41) is 17.4. The van der Waals surface area contributed by atoms with E-state index in [9.17, 15) is 9.59 Å². The van der Waals surface area contributed by atoms with Crippen LogP contribution in [0.3, 0.4) is 0 Å². The van der Waals surface area contributed by atoms with Gasteiger partial charge in [-0.3, -0.25) is 14.5 Å². The Hall–Kier alpha value is -3.40. The number of H-pyrrole nitrogens is 1. The van der Waals surface area contributed by atoms with E-state index in [4.69, 9.17) is 5.11 Å². The van der Waals surface area contributed by atoms with Crippen molar-refractivity contribution in [2.45, 2.75) is 32.2 Å². The molecule has 4 aromatic rings. The average molecular weight is 424 g/mol. The number of aromatic amines is 1. The van der Waals surface area contributed by atoms with Gasteiger partial charge < -0.3 is 5.11 Å².